The maximum Gasteiger partial charge on any atom is 0.433 e. The molecular formula is C17H16F3N4O2+. The number of amides is 2. The molecule has 0 bridgehead atoms. The van der Waals surface area contributed by atoms with Gasteiger partial charge in [0.1, 0.15) is 11.4 Å². The van der Waals surface area contributed by atoms with E-state index in [1.54, 1.807) is 6.07 Å². The molecule has 0 radical (unpaired) electrons. The number of aromatic nitrogens is 2. The monoisotopic (exact) mass is 365 g/mol. The Balaban J connectivity index is 1.65. The number of hydrogen-bond acceptors (Lipinski definition) is 3. The van der Waals surface area contributed by atoms with E-state index in [1.165, 1.54) is 28.3 Å². The SMILES string of the molecule is O=C1N(c2ccnc(C(F)(F)F)c2)CCN1c1c[n+](O)ccc1C1CC1. The number of urea groups is 1. The molecule has 0 spiro atoms. The molecule has 0 unspecified atom stereocenters. The van der Waals surface area contributed by atoms with Crippen molar-refractivity contribution in [3.8, 4) is 0 Å². The number of anilines is 2. The summed E-state index contributed by atoms with van der Waals surface area (Å²) in [7, 11) is 0. The number of rotatable bonds is 3. The summed E-state index contributed by atoms with van der Waals surface area (Å²) in [5.41, 5.74) is 0.680. The van der Waals surface area contributed by atoms with Gasteiger partial charge in [0.05, 0.1) is 0 Å². The van der Waals surface area contributed by atoms with Gasteiger partial charge in [-0.05, 0) is 36.5 Å². The van der Waals surface area contributed by atoms with Crippen molar-refractivity contribution in [2.24, 2.45) is 0 Å². The molecule has 136 valence electrons. The lowest BCUT2D eigenvalue weighted by molar-refractivity contribution is -0.904. The molecule has 0 aromatic carbocycles. The van der Waals surface area contributed by atoms with Gasteiger partial charge in [-0.2, -0.15) is 13.2 Å². The van der Waals surface area contributed by atoms with Crippen LogP contribution in [-0.2, 0) is 6.18 Å². The molecule has 1 N–H and O–H groups in total. The van der Waals surface area contributed by atoms with Crippen molar-refractivity contribution in [3.63, 3.8) is 0 Å². The lowest BCUT2D eigenvalue weighted by Gasteiger charge is -2.20. The molecule has 2 aromatic heterocycles. The fourth-order valence-corrected chi connectivity index (χ4v) is 3.19. The highest BCUT2D eigenvalue weighted by molar-refractivity contribution is 6.06. The summed E-state index contributed by atoms with van der Waals surface area (Å²) in [6, 6.07) is 3.62. The van der Waals surface area contributed by atoms with Crippen LogP contribution in [0.4, 0.5) is 29.3 Å². The summed E-state index contributed by atoms with van der Waals surface area (Å²) in [5.74, 6) is 0.353. The number of pyridine rings is 2. The second-order valence-electron chi connectivity index (χ2n) is 6.42. The number of carbonyl (C=O) groups excluding carboxylic acids is 1. The van der Waals surface area contributed by atoms with E-state index >= 15 is 0 Å². The second-order valence-corrected chi connectivity index (χ2v) is 6.42. The van der Waals surface area contributed by atoms with Gasteiger partial charge in [0, 0.05) is 35.8 Å². The second kappa shape index (κ2) is 5.86. The topological polar surface area (TPSA) is 60.6 Å². The van der Waals surface area contributed by atoms with Crippen LogP contribution in [0.2, 0.25) is 0 Å². The van der Waals surface area contributed by atoms with Gasteiger partial charge in [0.2, 0.25) is 12.4 Å². The summed E-state index contributed by atoms with van der Waals surface area (Å²) >= 11 is 0. The van der Waals surface area contributed by atoms with E-state index in [9.17, 15) is 23.2 Å². The molecule has 9 heteroatoms. The van der Waals surface area contributed by atoms with E-state index in [1.807, 2.05) is 0 Å². The molecule has 6 nitrogen and oxygen atoms in total. The third kappa shape index (κ3) is 2.93. The highest BCUT2D eigenvalue weighted by atomic mass is 19.4. The molecule has 3 heterocycles. The molecule has 1 aliphatic carbocycles. The first kappa shape index (κ1) is 16.6. The summed E-state index contributed by atoms with van der Waals surface area (Å²) in [5, 5.41) is 9.73. The fourth-order valence-electron chi connectivity index (χ4n) is 3.19. The number of alkyl halides is 3. The van der Waals surface area contributed by atoms with Crippen molar-refractivity contribution in [1.29, 1.82) is 0 Å². The third-order valence-electron chi connectivity index (χ3n) is 4.62. The molecule has 2 amide bonds. The van der Waals surface area contributed by atoms with Gasteiger partial charge in [0.25, 0.3) is 0 Å². The molecule has 0 atom stereocenters. The number of halogens is 3. The first-order valence-electron chi connectivity index (χ1n) is 8.21. The lowest BCUT2D eigenvalue weighted by Crippen LogP contribution is -2.36. The molecule has 2 aliphatic rings. The predicted octanol–water partition coefficient (Wildman–Crippen LogP) is 2.95. The number of hydrogen-bond donors (Lipinski definition) is 1. The highest BCUT2D eigenvalue weighted by Crippen LogP contribution is 2.44. The van der Waals surface area contributed by atoms with Crippen LogP contribution in [-0.4, -0.2) is 29.3 Å². The van der Waals surface area contributed by atoms with Crippen molar-refractivity contribution < 1.29 is 27.9 Å². The fraction of sp³-hybridized carbons (Fsp3) is 0.353. The predicted molar refractivity (Wildman–Crippen MR) is 85.1 cm³/mol. The summed E-state index contributed by atoms with van der Waals surface area (Å²) < 4.78 is 39.5. The van der Waals surface area contributed by atoms with Crippen molar-refractivity contribution in [2.45, 2.75) is 24.9 Å². The zero-order valence-electron chi connectivity index (χ0n) is 13.6. The van der Waals surface area contributed by atoms with E-state index in [4.69, 9.17) is 0 Å². The van der Waals surface area contributed by atoms with Crippen molar-refractivity contribution in [2.75, 3.05) is 22.9 Å². The minimum absolute atomic E-state index is 0.153. The number of nitrogens with zero attached hydrogens (tertiary/aromatic N) is 4. The Morgan fingerprint density at radius 2 is 1.92 bits per heavy atom. The van der Waals surface area contributed by atoms with E-state index in [-0.39, 0.29) is 12.2 Å². The van der Waals surface area contributed by atoms with Crippen LogP contribution in [0.1, 0.15) is 30.0 Å². The Hall–Kier alpha value is -2.84. The molecule has 2 fully saturated rings. The van der Waals surface area contributed by atoms with Gasteiger partial charge in [-0.15, -0.1) is 0 Å². The van der Waals surface area contributed by atoms with Crippen LogP contribution in [0.5, 0.6) is 0 Å². The van der Waals surface area contributed by atoms with E-state index < -0.39 is 17.9 Å². The maximum atomic E-state index is 12.9. The van der Waals surface area contributed by atoms with Crippen molar-refractivity contribution in [1.82, 2.24) is 4.98 Å². The average Bonchev–Trinajstić information content (AvgIpc) is 3.36. The Labute approximate surface area is 147 Å². The third-order valence-corrected chi connectivity index (χ3v) is 4.62. The quantitative estimate of drug-likeness (QED) is 0.672. The van der Waals surface area contributed by atoms with Gasteiger partial charge in [0.15, 0.2) is 0 Å². The van der Waals surface area contributed by atoms with Crippen LogP contribution in [0.15, 0.2) is 36.8 Å². The van der Waals surface area contributed by atoms with Crippen LogP contribution < -0.4 is 14.5 Å². The van der Waals surface area contributed by atoms with Crippen LogP contribution in [0, 0.1) is 0 Å². The molecule has 1 aliphatic heterocycles. The standard InChI is InChI=1S/C17H16F3N4O2/c18-17(19,20)15-9-12(3-5-21-15)23-7-8-24(16(23)25)14-10-22(26)6-4-13(14)11-1-2-11/h3-6,9-11,26H,1-2,7-8H2/q+1. The minimum atomic E-state index is -4.57. The first-order chi connectivity index (χ1) is 12.3. The minimum Gasteiger partial charge on any atom is -0.292 e. The van der Waals surface area contributed by atoms with Gasteiger partial charge < -0.3 is 0 Å². The van der Waals surface area contributed by atoms with Crippen LogP contribution in [0.25, 0.3) is 0 Å². The molecule has 1 saturated carbocycles. The van der Waals surface area contributed by atoms with E-state index in [2.05, 4.69) is 4.98 Å². The Bertz CT molecular complexity index is 867. The van der Waals surface area contributed by atoms with Crippen molar-refractivity contribution >= 4 is 17.4 Å². The van der Waals surface area contributed by atoms with Crippen LogP contribution in [0.3, 0.4) is 0 Å². The van der Waals surface area contributed by atoms with Crippen molar-refractivity contribution in [3.05, 3.63) is 48.0 Å². The van der Waals surface area contributed by atoms with Gasteiger partial charge in [-0.25, -0.2) is 4.79 Å². The highest BCUT2D eigenvalue weighted by Gasteiger charge is 2.38. The smallest absolute Gasteiger partial charge is 0.292 e. The molecular weight excluding hydrogens is 349 g/mol. The average molecular weight is 365 g/mol. The normalized spacial score (nSPS) is 17.9. The summed E-state index contributed by atoms with van der Waals surface area (Å²) in [6.45, 7) is 0.580. The van der Waals surface area contributed by atoms with Gasteiger partial charge in [-0.3, -0.25) is 20.0 Å². The largest absolute Gasteiger partial charge is 0.433 e. The van der Waals surface area contributed by atoms with E-state index in [0.29, 0.717) is 18.2 Å². The summed E-state index contributed by atoms with van der Waals surface area (Å²) in [6.07, 6.45) is 1.49. The first-order valence-corrected chi connectivity index (χ1v) is 8.21. The molecule has 26 heavy (non-hydrogen) atoms. The number of carbonyl (C=O) groups is 1. The Morgan fingerprint density at radius 3 is 2.62 bits per heavy atom. The van der Waals surface area contributed by atoms with E-state index in [0.717, 1.165) is 35.4 Å². The Morgan fingerprint density at radius 1 is 1.19 bits per heavy atom. The lowest BCUT2D eigenvalue weighted by atomic mass is 10.1. The Kier molecular flexibility index (Phi) is 3.74. The molecule has 1 saturated heterocycles. The van der Waals surface area contributed by atoms with Gasteiger partial charge in [-0.1, -0.05) is 0 Å². The summed E-state index contributed by atoms with van der Waals surface area (Å²) in [4.78, 5) is 18.9. The maximum absolute atomic E-state index is 12.9. The molecule has 4 rings (SSSR count). The zero-order chi connectivity index (χ0) is 18.5. The zero-order valence-corrected chi connectivity index (χ0v) is 13.6. The molecule has 2 aromatic rings. The van der Waals surface area contributed by atoms with Gasteiger partial charge >= 0.3 is 12.2 Å². The van der Waals surface area contributed by atoms with Crippen LogP contribution >= 0.6 is 0 Å².